The van der Waals surface area contributed by atoms with E-state index >= 15 is 0 Å². The zero-order valence-electron chi connectivity index (χ0n) is 14.8. The summed E-state index contributed by atoms with van der Waals surface area (Å²) in [6, 6.07) is 12.0. The van der Waals surface area contributed by atoms with Crippen LogP contribution in [0.4, 0.5) is 0 Å². The number of likely N-dealkylation sites (N-methyl/N-ethyl adjacent to an activating group) is 1. The molecule has 1 aliphatic rings. The van der Waals surface area contributed by atoms with Crippen molar-refractivity contribution in [3.63, 3.8) is 0 Å². The predicted octanol–water partition coefficient (Wildman–Crippen LogP) is 1.80. The first-order valence-electron chi connectivity index (χ1n) is 8.91. The summed E-state index contributed by atoms with van der Waals surface area (Å²) in [6.45, 7) is 5.13. The third-order valence-electron chi connectivity index (χ3n) is 4.68. The standard InChI is InChI=1S/C20H26N4O/c1-21-10-8-18-6-2-3-7-19(18)20(25)24-13-11-23(12-14-24)16-17-5-4-9-22-15-17/h2-7,9,15,21H,8,10-14,16H2,1H3. The fourth-order valence-electron chi connectivity index (χ4n) is 3.24. The quantitative estimate of drug-likeness (QED) is 0.873. The van der Waals surface area contributed by atoms with E-state index in [0.29, 0.717) is 0 Å². The first-order valence-corrected chi connectivity index (χ1v) is 8.91. The smallest absolute Gasteiger partial charge is 0.254 e. The van der Waals surface area contributed by atoms with Crippen LogP contribution in [0, 0.1) is 0 Å². The average Bonchev–Trinajstić information content (AvgIpc) is 2.67. The molecule has 0 bridgehead atoms. The van der Waals surface area contributed by atoms with Crippen molar-refractivity contribution >= 4 is 5.91 Å². The first kappa shape index (κ1) is 17.6. The maximum Gasteiger partial charge on any atom is 0.254 e. The second-order valence-corrected chi connectivity index (χ2v) is 6.44. The summed E-state index contributed by atoms with van der Waals surface area (Å²) in [6.07, 6.45) is 4.58. The van der Waals surface area contributed by atoms with Gasteiger partial charge in [-0.05, 0) is 43.3 Å². The van der Waals surface area contributed by atoms with Gasteiger partial charge in [0.2, 0.25) is 0 Å². The van der Waals surface area contributed by atoms with E-state index in [1.165, 1.54) is 5.56 Å². The molecule has 1 saturated heterocycles. The van der Waals surface area contributed by atoms with Gasteiger partial charge in [0.1, 0.15) is 0 Å². The van der Waals surface area contributed by atoms with Gasteiger partial charge in [0, 0.05) is 50.7 Å². The highest BCUT2D eigenvalue weighted by Gasteiger charge is 2.23. The number of pyridine rings is 1. The Labute approximate surface area is 149 Å². The van der Waals surface area contributed by atoms with E-state index in [1.54, 1.807) is 6.20 Å². The highest BCUT2D eigenvalue weighted by Crippen LogP contribution is 2.15. The third-order valence-corrected chi connectivity index (χ3v) is 4.68. The molecule has 1 fully saturated rings. The van der Waals surface area contributed by atoms with E-state index < -0.39 is 0 Å². The molecule has 3 rings (SSSR count). The van der Waals surface area contributed by atoms with Crippen LogP contribution in [-0.4, -0.2) is 60.5 Å². The minimum absolute atomic E-state index is 0.160. The van der Waals surface area contributed by atoms with E-state index in [2.05, 4.69) is 27.3 Å². The van der Waals surface area contributed by atoms with Crippen LogP contribution in [0.3, 0.4) is 0 Å². The van der Waals surface area contributed by atoms with Crippen LogP contribution >= 0.6 is 0 Å². The molecule has 2 aromatic rings. The van der Waals surface area contributed by atoms with Crippen LogP contribution in [0.25, 0.3) is 0 Å². The van der Waals surface area contributed by atoms with Crippen molar-refractivity contribution in [3.05, 3.63) is 65.5 Å². The fraction of sp³-hybridized carbons (Fsp3) is 0.400. The molecule has 1 aromatic heterocycles. The van der Waals surface area contributed by atoms with Gasteiger partial charge in [-0.1, -0.05) is 24.3 Å². The zero-order chi connectivity index (χ0) is 17.5. The van der Waals surface area contributed by atoms with Crippen molar-refractivity contribution < 1.29 is 4.79 Å². The van der Waals surface area contributed by atoms with Crippen molar-refractivity contribution in [3.8, 4) is 0 Å². The lowest BCUT2D eigenvalue weighted by Gasteiger charge is -2.35. The molecule has 5 nitrogen and oxygen atoms in total. The van der Waals surface area contributed by atoms with Gasteiger partial charge < -0.3 is 10.2 Å². The van der Waals surface area contributed by atoms with Gasteiger partial charge in [-0.3, -0.25) is 14.7 Å². The lowest BCUT2D eigenvalue weighted by Crippen LogP contribution is -2.48. The lowest BCUT2D eigenvalue weighted by molar-refractivity contribution is 0.0627. The second-order valence-electron chi connectivity index (χ2n) is 6.44. The molecule has 0 aliphatic carbocycles. The summed E-state index contributed by atoms with van der Waals surface area (Å²) in [7, 11) is 1.94. The molecular formula is C20H26N4O. The molecule has 0 spiro atoms. The molecule has 25 heavy (non-hydrogen) atoms. The topological polar surface area (TPSA) is 48.5 Å². The minimum atomic E-state index is 0.160. The minimum Gasteiger partial charge on any atom is -0.336 e. The van der Waals surface area contributed by atoms with Gasteiger partial charge in [0.15, 0.2) is 0 Å². The Kier molecular flexibility index (Phi) is 6.14. The monoisotopic (exact) mass is 338 g/mol. The summed E-state index contributed by atoms with van der Waals surface area (Å²) in [5.74, 6) is 0.160. The number of hydrogen-bond acceptors (Lipinski definition) is 4. The molecule has 5 heteroatoms. The van der Waals surface area contributed by atoms with Crippen LogP contribution in [0.1, 0.15) is 21.5 Å². The van der Waals surface area contributed by atoms with E-state index in [0.717, 1.165) is 56.8 Å². The molecule has 1 aromatic carbocycles. The SMILES string of the molecule is CNCCc1ccccc1C(=O)N1CCN(Cc2cccnc2)CC1. The van der Waals surface area contributed by atoms with Crippen molar-refractivity contribution in [2.24, 2.45) is 0 Å². The Morgan fingerprint density at radius 1 is 1.12 bits per heavy atom. The lowest BCUT2D eigenvalue weighted by atomic mass is 10.0. The summed E-state index contributed by atoms with van der Waals surface area (Å²) in [5.41, 5.74) is 3.19. The van der Waals surface area contributed by atoms with Crippen LogP contribution in [0.5, 0.6) is 0 Å². The van der Waals surface area contributed by atoms with Crippen LogP contribution in [0.2, 0.25) is 0 Å². The Morgan fingerprint density at radius 3 is 2.64 bits per heavy atom. The van der Waals surface area contributed by atoms with E-state index in [1.807, 2.05) is 42.4 Å². The number of rotatable bonds is 6. The predicted molar refractivity (Wildman–Crippen MR) is 99.5 cm³/mol. The van der Waals surface area contributed by atoms with Crippen molar-refractivity contribution in [2.45, 2.75) is 13.0 Å². The molecule has 1 amide bonds. The van der Waals surface area contributed by atoms with Gasteiger partial charge >= 0.3 is 0 Å². The van der Waals surface area contributed by atoms with Gasteiger partial charge in [-0.15, -0.1) is 0 Å². The number of piperazine rings is 1. The second kappa shape index (κ2) is 8.74. The van der Waals surface area contributed by atoms with Gasteiger partial charge in [0.05, 0.1) is 0 Å². The van der Waals surface area contributed by atoms with Crippen LogP contribution in [-0.2, 0) is 13.0 Å². The Morgan fingerprint density at radius 2 is 1.92 bits per heavy atom. The molecular weight excluding hydrogens is 312 g/mol. The van der Waals surface area contributed by atoms with Crippen molar-refractivity contribution in [1.82, 2.24) is 20.1 Å². The number of amides is 1. The largest absolute Gasteiger partial charge is 0.336 e. The zero-order valence-corrected chi connectivity index (χ0v) is 14.8. The number of benzene rings is 1. The number of carbonyl (C=O) groups is 1. The molecule has 0 saturated carbocycles. The van der Waals surface area contributed by atoms with Crippen molar-refractivity contribution in [2.75, 3.05) is 39.8 Å². The van der Waals surface area contributed by atoms with Gasteiger partial charge in [-0.25, -0.2) is 0 Å². The summed E-state index contributed by atoms with van der Waals surface area (Å²) in [5, 5.41) is 3.15. The Bertz CT molecular complexity index is 681. The molecule has 0 atom stereocenters. The molecule has 1 aliphatic heterocycles. The van der Waals surface area contributed by atoms with E-state index in [9.17, 15) is 4.79 Å². The van der Waals surface area contributed by atoms with Crippen LogP contribution in [0.15, 0.2) is 48.8 Å². The third kappa shape index (κ3) is 4.65. The normalized spacial score (nSPS) is 15.3. The van der Waals surface area contributed by atoms with Crippen LogP contribution < -0.4 is 5.32 Å². The first-order chi connectivity index (χ1) is 12.3. The maximum absolute atomic E-state index is 12.9. The maximum atomic E-state index is 12.9. The van der Waals surface area contributed by atoms with Gasteiger partial charge in [0.25, 0.3) is 5.91 Å². The van der Waals surface area contributed by atoms with Crippen molar-refractivity contribution in [1.29, 1.82) is 0 Å². The number of carbonyl (C=O) groups excluding carboxylic acids is 1. The summed E-state index contributed by atoms with van der Waals surface area (Å²) >= 11 is 0. The summed E-state index contributed by atoms with van der Waals surface area (Å²) in [4.78, 5) is 21.5. The Balaban J connectivity index is 1.58. The summed E-state index contributed by atoms with van der Waals surface area (Å²) < 4.78 is 0. The van der Waals surface area contributed by atoms with E-state index in [-0.39, 0.29) is 5.91 Å². The van der Waals surface area contributed by atoms with Gasteiger partial charge in [-0.2, -0.15) is 0 Å². The molecule has 0 radical (unpaired) electrons. The average molecular weight is 338 g/mol. The molecule has 132 valence electrons. The number of aromatic nitrogens is 1. The highest BCUT2D eigenvalue weighted by atomic mass is 16.2. The molecule has 2 heterocycles. The number of nitrogens with one attached hydrogen (secondary N) is 1. The fourth-order valence-corrected chi connectivity index (χ4v) is 3.24. The molecule has 1 N–H and O–H groups in total. The molecule has 0 unspecified atom stereocenters. The van der Waals surface area contributed by atoms with E-state index in [4.69, 9.17) is 0 Å². The number of hydrogen-bond donors (Lipinski definition) is 1. The number of nitrogens with zero attached hydrogens (tertiary/aromatic N) is 3. The highest BCUT2D eigenvalue weighted by molar-refractivity contribution is 5.95. The Hall–Kier alpha value is -2.24.